The average Bonchev–Trinajstić information content (AvgIpc) is 2.86. The summed E-state index contributed by atoms with van der Waals surface area (Å²) in [7, 11) is 3.23. The summed E-state index contributed by atoms with van der Waals surface area (Å²) < 4.78 is 12.0. The van der Waals surface area contributed by atoms with Crippen molar-refractivity contribution in [2.45, 2.75) is 19.1 Å². The molecule has 1 unspecified atom stereocenters. The van der Waals surface area contributed by atoms with Crippen LogP contribution in [0.2, 0.25) is 5.02 Å². The number of para-hydroxylation sites is 1. The zero-order valence-electron chi connectivity index (χ0n) is 12.1. The maximum absolute atomic E-state index is 10.5. The van der Waals surface area contributed by atoms with Crippen molar-refractivity contribution in [3.05, 3.63) is 46.7 Å². The van der Waals surface area contributed by atoms with Crippen LogP contribution >= 0.6 is 11.6 Å². The molecule has 0 saturated carbocycles. The van der Waals surface area contributed by atoms with Gasteiger partial charge in [0.15, 0.2) is 0 Å². The topological polar surface area (TPSA) is 56.5 Å². The molecule has 0 amide bonds. The Hall–Kier alpha value is -1.56. The summed E-state index contributed by atoms with van der Waals surface area (Å²) >= 11 is 6.14. The van der Waals surface area contributed by atoms with Crippen molar-refractivity contribution in [2.24, 2.45) is 0 Å². The number of methoxy groups -OCH3 is 2. The van der Waals surface area contributed by atoms with Gasteiger partial charge in [-0.3, -0.25) is 4.68 Å². The van der Waals surface area contributed by atoms with Gasteiger partial charge in [0.25, 0.3) is 0 Å². The van der Waals surface area contributed by atoms with E-state index in [0.717, 1.165) is 11.3 Å². The van der Waals surface area contributed by atoms with Gasteiger partial charge in [-0.05, 0) is 11.6 Å². The van der Waals surface area contributed by atoms with E-state index in [1.165, 1.54) is 6.20 Å². The van der Waals surface area contributed by atoms with E-state index in [9.17, 15) is 5.11 Å². The van der Waals surface area contributed by atoms with Crippen molar-refractivity contribution in [3.63, 3.8) is 0 Å². The Kier molecular flexibility index (Phi) is 5.61. The van der Waals surface area contributed by atoms with Crippen molar-refractivity contribution >= 4 is 11.6 Å². The van der Waals surface area contributed by atoms with Crippen molar-refractivity contribution in [2.75, 3.05) is 20.8 Å². The number of aromatic nitrogens is 2. The Labute approximate surface area is 129 Å². The second-order valence-electron chi connectivity index (χ2n) is 4.63. The van der Waals surface area contributed by atoms with Gasteiger partial charge >= 0.3 is 0 Å². The van der Waals surface area contributed by atoms with Gasteiger partial charge in [0.2, 0.25) is 0 Å². The number of nitrogens with zero attached hydrogens (tertiary/aromatic N) is 2. The van der Waals surface area contributed by atoms with E-state index in [-0.39, 0.29) is 0 Å². The normalized spacial score (nSPS) is 12.4. The SMILES string of the molecule is COCCn1ncc(Cl)c1C(O)Cc1ccccc1OC. The molecule has 21 heavy (non-hydrogen) atoms. The summed E-state index contributed by atoms with van der Waals surface area (Å²) in [6, 6.07) is 7.59. The zero-order valence-corrected chi connectivity index (χ0v) is 12.9. The minimum Gasteiger partial charge on any atom is -0.496 e. The number of rotatable bonds is 7. The van der Waals surface area contributed by atoms with Crippen molar-refractivity contribution in [1.29, 1.82) is 0 Å². The summed E-state index contributed by atoms with van der Waals surface area (Å²) in [5.41, 5.74) is 1.52. The minimum atomic E-state index is -0.756. The van der Waals surface area contributed by atoms with Crippen LogP contribution in [0.3, 0.4) is 0 Å². The van der Waals surface area contributed by atoms with Gasteiger partial charge in [-0.2, -0.15) is 5.10 Å². The Balaban J connectivity index is 2.20. The van der Waals surface area contributed by atoms with Crippen molar-refractivity contribution in [3.8, 4) is 5.75 Å². The lowest BCUT2D eigenvalue weighted by Crippen LogP contribution is -2.14. The van der Waals surface area contributed by atoms with Gasteiger partial charge in [-0.15, -0.1) is 0 Å². The molecular weight excluding hydrogens is 292 g/mol. The Morgan fingerprint density at radius 2 is 2.10 bits per heavy atom. The first-order chi connectivity index (χ1) is 10.2. The van der Waals surface area contributed by atoms with Crippen LogP contribution in [0.4, 0.5) is 0 Å². The standard InChI is InChI=1S/C15H19ClN2O3/c1-20-8-7-18-15(12(16)10-17-18)13(19)9-11-5-3-4-6-14(11)21-2/h3-6,10,13,19H,7-9H2,1-2H3. The van der Waals surface area contributed by atoms with E-state index in [0.29, 0.717) is 30.3 Å². The smallest absolute Gasteiger partial charge is 0.122 e. The van der Waals surface area contributed by atoms with Gasteiger partial charge < -0.3 is 14.6 Å². The highest BCUT2D eigenvalue weighted by Crippen LogP contribution is 2.28. The molecule has 6 heteroatoms. The van der Waals surface area contributed by atoms with Crippen LogP contribution in [0.25, 0.3) is 0 Å². The zero-order chi connectivity index (χ0) is 15.2. The monoisotopic (exact) mass is 310 g/mol. The molecule has 1 N–H and O–H groups in total. The summed E-state index contributed by atoms with van der Waals surface area (Å²) in [5, 5.41) is 15.1. The predicted molar refractivity (Wildman–Crippen MR) is 80.8 cm³/mol. The number of hydrogen-bond acceptors (Lipinski definition) is 4. The molecule has 0 aliphatic carbocycles. The highest BCUT2D eigenvalue weighted by molar-refractivity contribution is 6.31. The summed E-state index contributed by atoms with van der Waals surface area (Å²) in [4.78, 5) is 0. The molecule has 0 fully saturated rings. The molecule has 2 aromatic rings. The van der Waals surface area contributed by atoms with Gasteiger partial charge in [0, 0.05) is 13.5 Å². The molecule has 2 rings (SSSR count). The molecule has 1 heterocycles. The molecule has 0 radical (unpaired) electrons. The maximum Gasteiger partial charge on any atom is 0.122 e. The molecule has 0 aliphatic heterocycles. The van der Waals surface area contributed by atoms with Gasteiger partial charge in [-0.25, -0.2) is 0 Å². The number of hydrogen-bond donors (Lipinski definition) is 1. The first-order valence-electron chi connectivity index (χ1n) is 6.67. The van der Waals surface area contributed by atoms with Crippen LogP contribution in [-0.4, -0.2) is 35.7 Å². The van der Waals surface area contributed by atoms with Crippen LogP contribution in [0.15, 0.2) is 30.5 Å². The average molecular weight is 311 g/mol. The Morgan fingerprint density at radius 3 is 2.81 bits per heavy atom. The van der Waals surface area contributed by atoms with Crippen LogP contribution < -0.4 is 4.74 Å². The molecule has 0 spiro atoms. The van der Waals surface area contributed by atoms with E-state index in [4.69, 9.17) is 21.1 Å². The van der Waals surface area contributed by atoms with Crippen LogP contribution in [0.1, 0.15) is 17.4 Å². The van der Waals surface area contributed by atoms with E-state index >= 15 is 0 Å². The largest absolute Gasteiger partial charge is 0.496 e. The second kappa shape index (κ2) is 7.45. The number of aliphatic hydroxyl groups is 1. The molecule has 114 valence electrons. The fourth-order valence-electron chi connectivity index (χ4n) is 2.24. The lowest BCUT2D eigenvalue weighted by Gasteiger charge is -2.15. The third kappa shape index (κ3) is 3.75. The Bertz CT molecular complexity index is 586. The van der Waals surface area contributed by atoms with Crippen molar-refractivity contribution in [1.82, 2.24) is 9.78 Å². The predicted octanol–water partition coefficient (Wildman–Crippen LogP) is 2.47. The van der Waals surface area contributed by atoms with Crippen LogP contribution in [0, 0.1) is 0 Å². The van der Waals surface area contributed by atoms with E-state index in [2.05, 4.69) is 5.10 Å². The molecule has 0 aliphatic rings. The van der Waals surface area contributed by atoms with E-state index in [1.54, 1.807) is 18.9 Å². The quantitative estimate of drug-likeness (QED) is 0.853. The first kappa shape index (κ1) is 15.8. The summed E-state index contributed by atoms with van der Waals surface area (Å²) in [5.74, 6) is 0.746. The lowest BCUT2D eigenvalue weighted by molar-refractivity contribution is 0.152. The maximum atomic E-state index is 10.5. The fourth-order valence-corrected chi connectivity index (χ4v) is 2.50. The summed E-state index contributed by atoms with van der Waals surface area (Å²) in [6.07, 6.45) is 1.19. The van der Waals surface area contributed by atoms with Crippen LogP contribution in [-0.2, 0) is 17.7 Å². The number of benzene rings is 1. The summed E-state index contributed by atoms with van der Waals surface area (Å²) in [6.45, 7) is 1.05. The molecular formula is C15H19ClN2O3. The van der Waals surface area contributed by atoms with Crippen molar-refractivity contribution < 1.29 is 14.6 Å². The van der Waals surface area contributed by atoms with Gasteiger partial charge in [-0.1, -0.05) is 29.8 Å². The fraction of sp³-hybridized carbons (Fsp3) is 0.400. The highest BCUT2D eigenvalue weighted by atomic mass is 35.5. The number of halogens is 1. The molecule has 0 bridgehead atoms. The third-order valence-electron chi connectivity index (χ3n) is 3.26. The van der Waals surface area contributed by atoms with Gasteiger partial charge in [0.1, 0.15) is 11.9 Å². The third-order valence-corrected chi connectivity index (χ3v) is 3.55. The van der Waals surface area contributed by atoms with Crippen LogP contribution in [0.5, 0.6) is 5.75 Å². The molecule has 0 saturated heterocycles. The Morgan fingerprint density at radius 1 is 1.33 bits per heavy atom. The molecule has 1 aromatic carbocycles. The molecule has 5 nitrogen and oxygen atoms in total. The number of ether oxygens (including phenoxy) is 2. The van der Waals surface area contributed by atoms with Gasteiger partial charge in [0.05, 0.1) is 37.2 Å². The minimum absolute atomic E-state index is 0.405. The number of aliphatic hydroxyl groups excluding tert-OH is 1. The highest BCUT2D eigenvalue weighted by Gasteiger charge is 2.19. The lowest BCUT2D eigenvalue weighted by atomic mass is 10.0. The van der Waals surface area contributed by atoms with E-state index in [1.807, 2.05) is 24.3 Å². The molecule has 1 atom stereocenters. The second-order valence-corrected chi connectivity index (χ2v) is 5.03. The molecule has 1 aromatic heterocycles. The van der Waals surface area contributed by atoms with E-state index < -0.39 is 6.10 Å². The first-order valence-corrected chi connectivity index (χ1v) is 7.05.